The number of rotatable bonds is 9. The second kappa shape index (κ2) is 10.3. The minimum atomic E-state index is -0.406. The summed E-state index contributed by atoms with van der Waals surface area (Å²) in [5.74, 6) is 0.386. The van der Waals surface area contributed by atoms with Gasteiger partial charge in [0, 0.05) is 26.6 Å². The molecule has 0 radical (unpaired) electrons. The summed E-state index contributed by atoms with van der Waals surface area (Å²) in [5.41, 5.74) is 1.22. The van der Waals surface area contributed by atoms with E-state index in [0.29, 0.717) is 30.2 Å². The Hall–Kier alpha value is -3.09. The summed E-state index contributed by atoms with van der Waals surface area (Å²) < 4.78 is 24.1. The second-order valence-electron chi connectivity index (χ2n) is 6.25. The summed E-state index contributed by atoms with van der Waals surface area (Å²) in [6, 6.07) is 11.6. The predicted molar refractivity (Wildman–Crippen MR) is 104 cm³/mol. The molecule has 7 heteroatoms. The molecule has 0 aliphatic heterocycles. The van der Waals surface area contributed by atoms with Crippen LogP contribution in [0.4, 0.5) is 4.39 Å². The van der Waals surface area contributed by atoms with Crippen molar-refractivity contribution >= 4 is 11.8 Å². The Bertz CT molecular complexity index is 826. The van der Waals surface area contributed by atoms with Crippen molar-refractivity contribution in [3.05, 3.63) is 59.4 Å². The van der Waals surface area contributed by atoms with Gasteiger partial charge in [0.1, 0.15) is 5.82 Å². The normalized spacial score (nSPS) is 10.3. The number of amides is 2. The van der Waals surface area contributed by atoms with Gasteiger partial charge < -0.3 is 19.7 Å². The lowest BCUT2D eigenvalue weighted by atomic mass is 10.1. The van der Waals surface area contributed by atoms with Gasteiger partial charge in [-0.1, -0.05) is 24.3 Å². The molecule has 2 aromatic rings. The third-order valence-corrected chi connectivity index (χ3v) is 4.28. The molecule has 0 fully saturated rings. The third-order valence-electron chi connectivity index (χ3n) is 4.28. The van der Waals surface area contributed by atoms with Gasteiger partial charge in [0.2, 0.25) is 11.8 Å². The molecule has 2 aromatic carbocycles. The Morgan fingerprint density at radius 3 is 2.43 bits per heavy atom. The molecule has 0 aliphatic carbocycles. The number of methoxy groups -OCH3 is 2. The van der Waals surface area contributed by atoms with Crippen LogP contribution in [-0.2, 0) is 22.6 Å². The molecule has 2 amide bonds. The zero-order valence-electron chi connectivity index (χ0n) is 16.3. The number of nitrogens with zero attached hydrogens (tertiary/aromatic N) is 1. The van der Waals surface area contributed by atoms with Gasteiger partial charge in [0.05, 0.1) is 20.6 Å². The van der Waals surface area contributed by atoms with Crippen molar-refractivity contribution in [1.29, 1.82) is 0 Å². The van der Waals surface area contributed by atoms with Crippen LogP contribution in [-0.4, -0.2) is 44.0 Å². The molecule has 6 nitrogen and oxygen atoms in total. The molecule has 0 aromatic heterocycles. The number of carbonyl (C=O) groups is 2. The highest BCUT2D eigenvalue weighted by molar-refractivity contribution is 5.78. The Kier molecular flexibility index (Phi) is 7.80. The maximum Gasteiger partial charge on any atom is 0.224 e. The molecule has 0 bridgehead atoms. The summed E-state index contributed by atoms with van der Waals surface area (Å²) in [6.45, 7) is 2.47. The largest absolute Gasteiger partial charge is 0.493 e. The van der Waals surface area contributed by atoms with Gasteiger partial charge in [-0.3, -0.25) is 9.59 Å². The Labute approximate surface area is 164 Å². The van der Waals surface area contributed by atoms with E-state index in [2.05, 4.69) is 5.32 Å². The minimum Gasteiger partial charge on any atom is -0.493 e. The topological polar surface area (TPSA) is 67.9 Å². The van der Waals surface area contributed by atoms with Crippen LogP contribution in [0.1, 0.15) is 18.1 Å². The molecule has 0 spiro atoms. The summed E-state index contributed by atoms with van der Waals surface area (Å²) >= 11 is 0. The molecular formula is C21H25FN2O4. The van der Waals surface area contributed by atoms with Crippen LogP contribution in [0.2, 0.25) is 0 Å². The maximum atomic E-state index is 13.6. The highest BCUT2D eigenvalue weighted by atomic mass is 19.1. The number of carbonyl (C=O) groups excluding carboxylic acids is 2. The molecule has 0 saturated carbocycles. The second-order valence-corrected chi connectivity index (χ2v) is 6.25. The van der Waals surface area contributed by atoms with Crippen LogP contribution in [0.25, 0.3) is 0 Å². The Morgan fingerprint density at radius 2 is 1.79 bits per heavy atom. The van der Waals surface area contributed by atoms with Crippen LogP contribution in [0, 0.1) is 5.82 Å². The zero-order valence-corrected chi connectivity index (χ0v) is 16.3. The average molecular weight is 388 g/mol. The first-order chi connectivity index (χ1) is 13.4. The molecule has 0 atom stereocenters. The van der Waals surface area contributed by atoms with Gasteiger partial charge in [-0.05, 0) is 29.3 Å². The summed E-state index contributed by atoms with van der Waals surface area (Å²) in [7, 11) is 3.11. The standard InChI is InChI=1S/C21H25FN2O4/c1-15(25)24(14-16-8-9-19(27-2)20(12-16)28-3)11-10-23-21(26)13-17-6-4-5-7-18(17)22/h4-9,12H,10-11,13-14H2,1-3H3,(H,23,26). The molecule has 1 N–H and O–H groups in total. The lowest BCUT2D eigenvalue weighted by molar-refractivity contribution is -0.130. The Morgan fingerprint density at radius 1 is 1.07 bits per heavy atom. The summed E-state index contributed by atoms with van der Waals surface area (Å²) in [4.78, 5) is 25.6. The van der Waals surface area contributed by atoms with E-state index in [4.69, 9.17) is 9.47 Å². The highest BCUT2D eigenvalue weighted by Gasteiger charge is 2.13. The van der Waals surface area contributed by atoms with Crippen molar-refractivity contribution in [2.24, 2.45) is 0 Å². The number of halogens is 1. The van der Waals surface area contributed by atoms with Gasteiger partial charge in [0.15, 0.2) is 11.5 Å². The van der Waals surface area contributed by atoms with Crippen molar-refractivity contribution in [1.82, 2.24) is 10.2 Å². The first kappa shape index (κ1) is 21.2. The zero-order chi connectivity index (χ0) is 20.5. The molecule has 28 heavy (non-hydrogen) atoms. The number of nitrogens with one attached hydrogen (secondary N) is 1. The van der Waals surface area contributed by atoms with E-state index >= 15 is 0 Å². The van der Waals surface area contributed by atoms with Crippen molar-refractivity contribution < 1.29 is 23.5 Å². The SMILES string of the molecule is COc1ccc(CN(CCNC(=O)Cc2ccccc2F)C(C)=O)cc1OC. The van der Waals surface area contributed by atoms with E-state index in [0.717, 1.165) is 5.56 Å². The van der Waals surface area contributed by atoms with Crippen LogP contribution in [0.3, 0.4) is 0 Å². The molecule has 150 valence electrons. The first-order valence-electron chi connectivity index (χ1n) is 8.91. The lowest BCUT2D eigenvalue weighted by Gasteiger charge is -2.22. The van der Waals surface area contributed by atoms with E-state index in [1.165, 1.54) is 13.0 Å². The number of ether oxygens (including phenoxy) is 2. The summed E-state index contributed by atoms with van der Waals surface area (Å²) in [6.07, 6.45) is -0.0393. The average Bonchev–Trinajstić information content (AvgIpc) is 2.68. The van der Waals surface area contributed by atoms with Crippen molar-refractivity contribution in [2.45, 2.75) is 19.9 Å². The number of hydrogen-bond acceptors (Lipinski definition) is 4. The predicted octanol–water partition coefficient (Wildman–Crippen LogP) is 2.55. The van der Waals surface area contributed by atoms with E-state index in [-0.39, 0.29) is 24.8 Å². The van der Waals surface area contributed by atoms with Crippen molar-refractivity contribution in [2.75, 3.05) is 27.3 Å². The van der Waals surface area contributed by atoms with Gasteiger partial charge in [-0.2, -0.15) is 0 Å². The summed E-state index contributed by atoms with van der Waals surface area (Å²) in [5, 5.41) is 2.73. The fourth-order valence-corrected chi connectivity index (χ4v) is 2.75. The van der Waals surface area contributed by atoms with Gasteiger partial charge in [0.25, 0.3) is 0 Å². The minimum absolute atomic E-state index is 0.0393. The van der Waals surface area contributed by atoms with Crippen molar-refractivity contribution in [3.8, 4) is 11.5 Å². The first-order valence-corrected chi connectivity index (χ1v) is 8.91. The fourth-order valence-electron chi connectivity index (χ4n) is 2.75. The molecular weight excluding hydrogens is 363 g/mol. The monoisotopic (exact) mass is 388 g/mol. The fraction of sp³-hybridized carbons (Fsp3) is 0.333. The molecule has 2 rings (SSSR count). The highest BCUT2D eigenvalue weighted by Crippen LogP contribution is 2.28. The third kappa shape index (κ3) is 5.97. The maximum absolute atomic E-state index is 13.6. The van der Waals surface area contributed by atoms with Crippen LogP contribution >= 0.6 is 0 Å². The van der Waals surface area contributed by atoms with Gasteiger partial charge in [-0.15, -0.1) is 0 Å². The molecule has 0 saturated heterocycles. The van der Waals surface area contributed by atoms with E-state index in [9.17, 15) is 14.0 Å². The van der Waals surface area contributed by atoms with Crippen molar-refractivity contribution in [3.63, 3.8) is 0 Å². The number of hydrogen-bond donors (Lipinski definition) is 1. The van der Waals surface area contributed by atoms with E-state index < -0.39 is 5.82 Å². The Balaban J connectivity index is 1.90. The quantitative estimate of drug-likeness (QED) is 0.717. The van der Waals surface area contributed by atoms with E-state index in [1.54, 1.807) is 43.4 Å². The molecule has 0 aliphatic rings. The number of benzene rings is 2. The van der Waals surface area contributed by atoms with Crippen LogP contribution < -0.4 is 14.8 Å². The van der Waals surface area contributed by atoms with Crippen LogP contribution in [0.15, 0.2) is 42.5 Å². The van der Waals surface area contributed by atoms with Gasteiger partial charge >= 0.3 is 0 Å². The molecule has 0 heterocycles. The smallest absolute Gasteiger partial charge is 0.224 e. The van der Waals surface area contributed by atoms with E-state index in [1.807, 2.05) is 12.1 Å². The van der Waals surface area contributed by atoms with Crippen LogP contribution in [0.5, 0.6) is 11.5 Å². The van der Waals surface area contributed by atoms with Gasteiger partial charge in [-0.25, -0.2) is 4.39 Å². The molecule has 0 unspecified atom stereocenters. The lowest BCUT2D eigenvalue weighted by Crippen LogP contribution is -2.37.